The Morgan fingerprint density at radius 3 is 1.90 bits per heavy atom. The van der Waals surface area contributed by atoms with Gasteiger partial charge < -0.3 is 23.8 Å². The summed E-state index contributed by atoms with van der Waals surface area (Å²) in [5, 5.41) is 6.23. The van der Waals surface area contributed by atoms with Gasteiger partial charge >= 0.3 is 0 Å². The van der Waals surface area contributed by atoms with E-state index in [9.17, 15) is 9.59 Å². The molecule has 0 fully saturated rings. The molecule has 1 aliphatic heterocycles. The summed E-state index contributed by atoms with van der Waals surface area (Å²) in [4.78, 5) is 28.6. The highest BCUT2D eigenvalue weighted by Gasteiger charge is 2.34. The highest BCUT2D eigenvalue weighted by Crippen LogP contribution is 2.34. The van der Waals surface area contributed by atoms with Crippen LogP contribution in [0.15, 0.2) is 77.9 Å². The summed E-state index contributed by atoms with van der Waals surface area (Å²) < 4.78 is 21.0. The second kappa shape index (κ2) is 12.9. The average Bonchev–Trinajstić information content (AvgIpc) is 3.44. The van der Waals surface area contributed by atoms with Crippen molar-refractivity contribution in [2.24, 2.45) is 5.10 Å². The maximum atomic E-state index is 13.8. The summed E-state index contributed by atoms with van der Waals surface area (Å²) in [6, 6.07) is 21.6. The fourth-order valence-corrected chi connectivity index (χ4v) is 4.39. The minimum absolute atomic E-state index is 0.153. The summed E-state index contributed by atoms with van der Waals surface area (Å²) in [5.74, 6) is 1.54. The fraction of sp³-hybridized carbons (Fsp3) is 0.300. The molecule has 0 aliphatic carbocycles. The van der Waals surface area contributed by atoms with E-state index < -0.39 is 0 Å². The number of nitrogens with zero attached hydrogens (tertiary/aromatic N) is 3. The Kier molecular flexibility index (Phi) is 9.17. The molecule has 3 aromatic rings. The molecule has 0 unspecified atom stereocenters. The molecular weight excluding hydrogens is 498 g/mol. The first-order chi connectivity index (χ1) is 19.0. The van der Waals surface area contributed by atoms with Gasteiger partial charge in [-0.15, -0.1) is 0 Å². The van der Waals surface area contributed by atoms with Crippen molar-refractivity contribution in [1.82, 2.24) is 9.91 Å². The molecule has 0 aromatic heterocycles. The minimum Gasteiger partial charge on any atom is -0.497 e. The minimum atomic E-state index is -0.333. The van der Waals surface area contributed by atoms with Crippen molar-refractivity contribution in [1.29, 1.82) is 0 Å². The van der Waals surface area contributed by atoms with Crippen molar-refractivity contribution in [3.05, 3.63) is 89.5 Å². The zero-order valence-corrected chi connectivity index (χ0v) is 22.6. The highest BCUT2D eigenvalue weighted by molar-refractivity contribution is 6.04. The van der Waals surface area contributed by atoms with Gasteiger partial charge in [-0.2, -0.15) is 5.10 Å². The molecule has 2 amide bonds. The third-order valence-electron chi connectivity index (χ3n) is 6.61. The summed E-state index contributed by atoms with van der Waals surface area (Å²) in [6.07, 6.45) is 0.523. The summed E-state index contributed by atoms with van der Waals surface area (Å²) in [7, 11) is 6.35. The van der Waals surface area contributed by atoms with Gasteiger partial charge in [0.05, 0.1) is 39.7 Å². The number of hydrazone groups is 1. The summed E-state index contributed by atoms with van der Waals surface area (Å²) in [6.45, 7) is 0.390. The van der Waals surface area contributed by atoms with Gasteiger partial charge in [-0.1, -0.05) is 12.1 Å². The summed E-state index contributed by atoms with van der Waals surface area (Å²) >= 11 is 0. The smallest absolute Gasteiger partial charge is 0.262 e. The van der Waals surface area contributed by atoms with Gasteiger partial charge in [-0.3, -0.25) is 9.59 Å². The predicted octanol–water partition coefficient (Wildman–Crippen LogP) is 4.18. The standard InChI is InChI=1S/C30H33N3O6/c1-36-18-17-32(30(35)23-9-15-26(39-4)16-10-23)20-29(34)33-28(22-7-13-25(38-3)14-8-22)19-27(31-33)21-5-11-24(37-2)12-6-21/h5-16,28H,17-20H2,1-4H3/t28-/m1/s1. The quantitative estimate of drug-likeness (QED) is 0.369. The molecule has 1 atom stereocenters. The largest absolute Gasteiger partial charge is 0.497 e. The first kappa shape index (κ1) is 27.7. The fourth-order valence-electron chi connectivity index (χ4n) is 4.39. The van der Waals surface area contributed by atoms with Crippen molar-refractivity contribution in [2.75, 3.05) is 48.1 Å². The summed E-state index contributed by atoms with van der Waals surface area (Å²) in [5.41, 5.74) is 3.04. The Balaban J connectivity index is 1.61. The van der Waals surface area contributed by atoms with E-state index in [1.807, 2.05) is 48.5 Å². The van der Waals surface area contributed by atoms with E-state index in [-0.39, 0.29) is 37.6 Å². The molecule has 9 nitrogen and oxygen atoms in total. The molecule has 39 heavy (non-hydrogen) atoms. The Labute approximate surface area is 228 Å². The molecule has 1 heterocycles. The molecule has 3 aromatic carbocycles. The van der Waals surface area contributed by atoms with E-state index in [4.69, 9.17) is 24.0 Å². The van der Waals surface area contributed by atoms with Gasteiger partial charge in [-0.05, 0) is 71.8 Å². The normalized spacial score (nSPS) is 14.5. The van der Waals surface area contributed by atoms with Gasteiger partial charge in [-0.25, -0.2) is 5.01 Å². The first-order valence-electron chi connectivity index (χ1n) is 12.6. The maximum Gasteiger partial charge on any atom is 0.262 e. The van der Waals surface area contributed by atoms with Crippen LogP contribution in [0.4, 0.5) is 0 Å². The van der Waals surface area contributed by atoms with Gasteiger partial charge in [0.15, 0.2) is 0 Å². The van der Waals surface area contributed by atoms with Gasteiger partial charge in [0.25, 0.3) is 11.8 Å². The van der Waals surface area contributed by atoms with Crippen LogP contribution in [-0.2, 0) is 9.53 Å². The zero-order chi connectivity index (χ0) is 27.8. The second-order valence-electron chi connectivity index (χ2n) is 8.95. The van der Waals surface area contributed by atoms with E-state index in [1.54, 1.807) is 52.7 Å². The Bertz CT molecular complexity index is 1290. The molecule has 0 saturated carbocycles. The number of hydrogen-bond donors (Lipinski definition) is 0. The lowest BCUT2D eigenvalue weighted by Crippen LogP contribution is -2.42. The van der Waals surface area contributed by atoms with Gasteiger partial charge in [0.2, 0.25) is 0 Å². The highest BCUT2D eigenvalue weighted by atomic mass is 16.5. The average molecular weight is 532 g/mol. The van der Waals surface area contributed by atoms with E-state index in [0.717, 1.165) is 28.3 Å². The number of carbonyl (C=O) groups is 2. The molecule has 0 radical (unpaired) electrons. The monoisotopic (exact) mass is 531 g/mol. The second-order valence-corrected chi connectivity index (χ2v) is 8.95. The van der Waals surface area contributed by atoms with Gasteiger partial charge in [0, 0.05) is 25.6 Å². The maximum absolute atomic E-state index is 13.8. The molecule has 0 spiro atoms. The van der Waals surface area contributed by atoms with Crippen LogP contribution in [0.5, 0.6) is 17.2 Å². The van der Waals surface area contributed by atoms with Crippen LogP contribution in [0.3, 0.4) is 0 Å². The van der Waals surface area contributed by atoms with Crippen molar-refractivity contribution in [3.63, 3.8) is 0 Å². The third-order valence-corrected chi connectivity index (χ3v) is 6.61. The van der Waals surface area contributed by atoms with Gasteiger partial charge in [0.1, 0.15) is 23.8 Å². The van der Waals surface area contributed by atoms with Crippen molar-refractivity contribution in [2.45, 2.75) is 12.5 Å². The lowest BCUT2D eigenvalue weighted by molar-refractivity contribution is -0.133. The Morgan fingerprint density at radius 2 is 1.36 bits per heavy atom. The molecular formula is C30H33N3O6. The van der Waals surface area contributed by atoms with E-state index >= 15 is 0 Å². The Morgan fingerprint density at radius 1 is 0.821 bits per heavy atom. The van der Waals surface area contributed by atoms with E-state index in [2.05, 4.69) is 0 Å². The molecule has 0 bridgehead atoms. The lowest BCUT2D eigenvalue weighted by Gasteiger charge is -2.27. The number of benzene rings is 3. The number of rotatable bonds is 11. The van der Waals surface area contributed by atoms with Crippen LogP contribution in [0.1, 0.15) is 33.9 Å². The molecule has 0 saturated heterocycles. The predicted molar refractivity (Wildman–Crippen MR) is 148 cm³/mol. The third kappa shape index (κ3) is 6.56. The molecule has 204 valence electrons. The molecule has 4 rings (SSSR count). The van der Waals surface area contributed by atoms with Crippen LogP contribution in [0, 0.1) is 0 Å². The van der Waals surface area contributed by atoms with Crippen molar-refractivity contribution < 1.29 is 28.5 Å². The van der Waals surface area contributed by atoms with Crippen molar-refractivity contribution >= 4 is 17.5 Å². The van der Waals surface area contributed by atoms with Crippen LogP contribution in [0.25, 0.3) is 0 Å². The number of ether oxygens (including phenoxy) is 4. The molecule has 0 N–H and O–H groups in total. The molecule has 1 aliphatic rings. The van der Waals surface area contributed by atoms with Crippen LogP contribution >= 0.6 is 0 Å². The van der Waals surface area contributed by atoms with Crippen LogP contribution in [0.2, 0.25) is 0 Å². The van der Waals surface area contributed by atoms with Crippen LogP contribution < -0.4 is 14.2 Å². The number of methoxy groups -OCH3 is 4. The number of carbonyl (C=O) groups excluding carboxylic acids is 2. The number of hydrogen-bond acceptors (Lipinski definition) is 7. The van der Waals surface area contributed by atoms with Crippen molar-refractivity contribution in [3.8, 4) is 17.2 Å². The lowest BCUT2D eigenvalue weighted by atomic mass is 9.98. The topological polar surface area (TPSA) is 89.9 Å². The first-order valence-corrected chi connectivity index (χ1v) is 12.6. The van der Waals surface area contributed by atoms with E-state index in [0.29, 0.717) is 17.7 Å². The number of amides is 2. The zero-order valence-electron chi connectivity index (χ0n) is 22.6. The molecule has 9 heteroatoms. The van der Waals surface area contributed by atoms with E-state index in [1.165, 1.54) is 9.91 Å². The Hall–Kier alpha value is -4.37. The van der Waals surface area contributed by atoms with Crippen LogP contribution in [-0.4, -0.2) is 75.6 Å². The SMILES string of the molecule is COCCN(CC(=O)N1N=C(c2ccc(OC)cc2)C[C@@H]1c1ccc(OC)cc1)C(=O)c1ccc(OC)cc1.